The van der Waals surface area contributed by atoms with E-state index in [2.05, 4.69) is 10.6 Å². The summed E-state index contributed by atoms with van der Waals surface area (Å²) in [6, 6.07) is 17.7. The Labute approximate surface area is 249 Å². The summed E-state index contributed by atoms with van der Waals surface area (Å²) in [5.74, 6) is -0.662. The molecule has 3 rings (SSSR count). The molecule has 8 nitrogen and oxygen atoms in total. The minimum atomic E-state index is -1.03. The number of anilines is 1. The van der Waals surface area contributed by atoms with Gasteiger partial charge in [-0.3, -0.25) is 9.59 Å². The van der Waals surface area contributed by atoms with Crippen LogP contribution in [0.3, 0.4) is 0 Å². The van der Waals surface area contributed by atoms with Gasteiger partial charge < -0.3 is 25.4 Å². The van der Waals surface area contributed by atoms with Crippen LogP contribution in [0.4, 0.5) is 10.5 Å². The molecule has 3 aromatic carbocycles. The Morgan fingerprint density at radius 2 is 1.48 bits per heavy atom. The van der Waals surface area contributed by atoms with Crippen LogP contribution in [0.25, 0.3) is 0 Å². The van der Waals surface area contributed by atoms with E-state index in [1.54, 1.807) is 37.8 Å². The average molecular weight is 574 g/mol. The minimum Gasteiger partial charge on any atom is -0.508 e. The first kappa shape index (κ1) is 32.2. The van der Waals surface area contributed by atoms with E-state index < -0.39 is 29.7 Å². The maximum absolute atomic E-state index is 14.5. The number of aryl methyl sites for hydroxylation is 3. The van der Waals surface area contributed by atoms with E-state index in [-0.39, 0.29) is 24.6 Å². The third-order valence-electron chi connectivity index (χ3n) is 6.89. The minimum absolute atomic E-state index is 0.0947. The number of aromatic hydroxyl groups is 1. The Morgan fingerprint density at radius 1 is 0.881 bits per heavy atom. The monoisotopic (exact) mass is 573 g/mol. The van der Waals surface area contributed by atoms with Crippen molar-refractivity contribution in [3.05, 3.63) is 94.5 Å². The largest absolute Gasteiger partial charge is 0.508 e. The lowest BCUT2D eigenvalue weighted by Gasteiger charge is -2.35. The molecule has 0 heterocycles. The Hall–Kier alpha value is -4.33. The quantitative estimate of drug-likeness (QED) is 0.261. The molecular formula is C34H43N3O5. The van der Waals surface area contributed by atoms with Crippen LogP contribution in [0.5, 0.6) is 5.75 Å². The molecule has 0 aromatic heterocycles. The lowest BCUT2D eigenvalue weighted by molar-refractivity contribution is -0.140. The predicted molar refractivity (Wildman–Crippen MR) is 165 cm³/mol. The molecule has 0 bridgehead atoms. The maximum atomic E-state index is 14.5. The van der Waals surface area contributed by atoms with Gasteiger partial charge >= 0.3 is 6.09 Å². The molecule has 0 radical (unpaired) electrons. The normalized spacial score (nSPS) is 12.6. The van der Waals surface area contributed by atoms with Crippen molar-refractivity contribution < 1.29 is 24.2 Å². The molecule has 2 atom stereocenters. The Bertz CT molecular complexity index is 1370. The number of ether oxygens (including phenoxy) is 1. The number of carbonyl (C=O) groups excluding carboxylic acids is 3. The fraction of sp³-hybridized carbons (Fsp3) is 0.382. The van der Waals surface area contributed by atoms with Gasteiger partial charge in [0.15, 0.2) is 0 Å². The summed E-state index contributed by atoms with van der Waals surface area (Å²) in [4.78, 5) is 43.2. The van der Waals surface area contributed by atoms with Crippen LogP contribution >= 0.6 is 0 Å². The first-order valence-corrected chi connectivity index (χ1v) is 14.3. The van der Waals surface area contributed by atoms with Crippen LogP contribution in [-0.2, 0) is 20.7 Å². The van der Waals surface area contributed by atoms with Gasteiger partial charge in [-0.2, -0.15) is 0 Å². The van der Waals surface area contributed by atoms with Crippen molar-refractivity contribution in [3.63, 3.8) is 0 Å². The number of nitrogens with one attached hydrogen (secondary N) is 2. The maximum Gasteiger partial charge on any atom is 0.408 e. The zero-order chi connectivity index (χ0) is 31.0. The zero-order valence-electron chi connectivity index (χ0n) is 25.7. The summed E-state index contributed by atoms with van der Waals surface area (Å²) in [5.41, 5.74) is 4.02. The van der Waals surface area contributed by atoms with E-state index in [1.807, 2.05) is 70.2 Å². The molecule has 2 unspecified atom stereocenters. The van der Waals surface area contributed by atoms with Gasteiger partial charge in [-0.15, -0.1) is 0 Å². The fourth-order valence-electron chi connectivity index (χ4n) is 4.93. The van der Waals surface area contributed by atoms with Gasteiger partial charge in [0.2, 0.25) is 5.91 Å². The number of nitrogens with zero attached hydrogens (tertiary/aromatic N) is 1. The summed E-state index contributed by atoms with van der Waals surface area (Å²) < 4.78 is 5.50. The highest BCUT2D eigenvalue weighted by molar-refractivity contribution is 5.99. The van der Waals surface area contributed by atoms with E-state index >= 15 is 0 Å². The summed E-state index contributed by atoms with van der Waals surface area (Å²) in [6.45, 7) is 13.2. The number of amides is 3. The highest BCUT2D eigenvalue weighted by Gasteiger charge is 2.37. The number of rotatable bonds is 10. The summed E-state index contributed by atoms with van der Waals surface area (Å²) in [7, 11) is 0. The van der Waals surface area contributed by atoms with Crippen LogP contribution in [0, 0.1) is 20.8 Å². The number of para-hydroxylation sites is 1. The molecule has 0 saturated heterocycles. The molecule has 3 aromatic rings. The molecule has 3 amide bonds. The molecule has 0 aliphatic heterocycles. The number of hydrogen-bond acceptors (Lipinski definition) is 5. The molecule has 0 aliphatic carbocycles. The number of carbonyl (C=O) groups is 3. The van der Waals surface area contributed by atoms with Gasteiger partial charge in [0.1, 0.15) is 23.4 Å². The lowest BCUT2D eigenvalue weighted by Crippen LogP contribution is -2.53. The molecule has 0 spiro atoms. The third-order valence-corrected chi connectivity index (χ3v) is 6.89. The van der Waals surface area contributed by atoms with Crippen molar-refractivity contribution in [1.82, 2.24) is 10.2 Å². The van der Waals surface area contributed by atoms with Crippen molar-refractivity contribution in [2.75, 3.05) is 11.9 Å². The number of benzene rings is 3. The van der Waals surface area contributed by atoms with Gasteiger partial charge in [-0.25, -0.2) is 4.79 Å². The van der Waals surface area contributed by atoms with Gasteiger partial charge in [0, 0.05) is 18.7 Å². The summed E-state index contributed by atoms with van der Waals surface area (Å²) >= 11 is 0. The molecule has 3 N–H and O–H groups in total. The molecule has 8 heteroatoms. The SMILES string of the molecule is CCCN(C(=O)C(Cc1ccc(O)cc1)NC(=O)OC(C)(C)C)C(C(=O)Nc1ccccc1C)c1c(C)cccc1C. The Kier molecular flexibility index (Phi) is 10.8. The van der Waals surface area contributed by atoms with Gasteiger partial charge in [-0.05, 0) is 94.0 Å². The molecule has 0 saturated carbocycles. The van der Waals surface area contributed by atoms with Crippen molar-refractivity contribution in [2.24, 2.45) is 0 Å². The topological polar surface area (TPSA) is 108 Å². The standard InChI is InChI=1S/C34H43N3O5/c1-8-20-37(32(40)28(36-33(41)42-34(5,6)7)21-25-16-18-26(38)19-17-25)30(29-23(3)13-11-14-24(29)4)31(39)35-27-15-10-9-12-22(27)2/h9-19,28,30,38H,8,20-21H2,1-7H3,(H,35,39)(H,36,41). The second kappa shape index (κ2) is 14.0. The van der Waals surface area contributed by atoms with Crippen LogP contribution in [0.2, 0.25) is 0 Å². The van der Waals surface area contributed by atoms with Crippen molar-refractivity contribution in [3.8, 4) is 5.75 Å². The van der Waals surface area contributed by atoms with E-state index in [4.69, 9.17) is 4.74 Å². The molecule has 0 fully saturated rings. The second-order valence-electron chi connectivity index (χ2n) is 11.6. The van der Waals surface area contributed by atoms with Gasteiger partial charge in [0.05, 0.1) is 0 Å². The molecule has 0 aliphatic rings. The van der Waals surface area contributed by atoms with Crippen LogP contribution in [0.15, 0.2) is 66.7 Å². The van der Waals surface area contributed by atoms with E-state index in [9.17, 15) is 19.5 Å². The summed E-state index contributed by atoms with van der Waals surface area (Å²) in [6.07, 6.45) is -0.00950. The van der Waals surface area contributed by atoms with Gasteiger partial charge in [-0.1, -0.05) is 55.5 Å². The fourth-order valence-corrected chi connectivity index (χ4v) is 4.93. The molecule has 224 valence electrons. The van der Waals surface area contributed by atoms with E-state index in [0.717, 1.165) is 27.8 Å². The van der Waals surface area contributed by atoms with E-state index in [0.29, 0.717) is 12.1 Å². The summed E-state index contributed by atoms with van der Waals surface area (Å²) in [5, 5.41) is 15.6. The average Bonchev–Trinajstić information content (AvgIpc) is 2.90. The first-order chi connectivity index (χ1) is 19.8. The van der Waals surface area contributed by atoms with Crippen molar-refractivity contribution >= 4 is 23.6 Å². The number of phenolic OH excluding ortho intramolecular Hbond substituents is 1. The number of hydrogen-bond donors (Lipinski definition) is 3. The molecular weight excluding hydrogens is 530 g/mol. The lowest BCUT2D eigenvalue weighted by atomic mass is 9.93. The van der Waals surface area contributed by atoms with E-state index in [1.165, 1.54) is 12.1 Å². The zero-order valence-corrected chi connectivity index (χ0v) is 25.7. The second-order valence-corrected chi connectivity index (χ2v) is 11.6. The van der Waals surface area contributed by atoms with Crippen LogP contribution in [0.1, 0.15) is 68.0 Å². The number of phenols is 1. The van der Waals surface area contributed by atoms with Crippen LogP contribution in [-0.4, -0.2) is 46.1 Å². The van der Waals surface area contributed by atoms with Gasteiger partial charge in [0.25, 0.3) is 5.91 Å². The van der Waals surface area contributed by atoms with Crippen LogP contribution < -0.4 is 10.6 Å². The molecule has 42 heavy (non-hydrogen) atoms. The highest BCUT2D eigenvalue weighted by Crippen LogP contribution is 2.31. The number of alkyl carbamates (subject to hydrolysis) is 1. The van der Waals surface area contributed by atoms with Crippen molar-refractivity contribution in [2.45, 2.75) is 79.0 Å². The first-order valence-electron chi connectivity index (χ1n) is 14.3. The third kappa shape index (κ3) is 8.59. The smallest absolute Gasteiger partial charge is 0.408 e. The highest BCUT2D eigenvalue weighted by atomic mass is 16.6. The predicted octanol–water partition coefficient (Wildman–Crippen LogP) is 6.37. The Balaban J connectivity index is 2.10. The Morgan fingerprint density at radius 3 is 2.05 bits per heavy atom. The van der Waals surface area contributed by atoms with Crippen molar-refractivity contribution in [1.29, 1.82) is 0 Å².